The van der Waals surface area contributed by atoms with Crippen molar-refractivity contribution in [2.45, 2.75) is 35.5 Å². The van der Waals surface area contributed by atoms with E-state index in [2.05, 4.69) is 0 Å². The van der Waals surface area contributed by atoms with Gasteiger partial charge in [-0.2, -0.15) is 37.2 Å². The van der Waals surface area contributed by atoms with Crippen LogP contribution in [-0.4, -0.2) is 25.3 Å². The second kappa shape index (κ2) is 10.2. The standard InChI is InChI=1S/C21H21O9PS3/c1-16-4-10-19(11-5-16)32(22,23)28-31(29-33(24,25)20-12-6-17(2)7-13-20)30-34(26,27)21-14-8-18(3)9-15-21/h4-15H,1-3H3. The molecule has 0 N–H and O–H groups in total. The van der Waals surface area contributed by atoms with Gasteiger partial charge in [0.15, 0.2) is 0 Å². The van der Waals surface area contributed by atoms with Crippen molar-refractivity contribution in [2.24, 2.45) is 0 Å². The smallest absolute Gasteiger partial charge is 0.194 e. The summed E-state index contributed by atoms with van der Waals surface area (Å²) in [4.78, 5) is -1.00. The van der Waals surface area contributed by atoms with E-state index in [1.807, 2.05) is 0 Å². The molecular formula is C21H21O9PS3. The molecular weight excluding hydrogens is 523 g/mol. The zero-order valence-corrected chi connectivity index (χ0v) is 21.6. The molecule has 0 aliphatic rings. The first kappa shape index (κ1) is 26.4. The van der Waals surface area contributed by atoms with E-state index >= 15 is 0 Å². The molecule has 0 saturated carbocycles. The molecule has 0 spiro atoms. The topological polar surface area (TPSA) is 130 Å². The van der Waals surface area contributed by atoms with Crippen molar-refractivity contribution in [3.05, 3.63) is 89.5 Å². The molecule has 0 bridgehead atoms. The lowest BCUT2D eigenvalue weighted by Gasteiger charge is -2.16. The Kier molecular flexibility index (Phi) is 7.93. The third-order valence-electron chi connectivity index (χ3n) is 4.41. The van der Waals surface area contributed by atoms with E-state index < -0.39 is 39.0 Å². The van der Waals surface area contributed by atoms with Gasteiger partial charge in [0.05, 0.1) is 14.7 Å². The van der Waals surface area contributed by atoms with Crippen molar-refractivity contribution in [3.8, 4) is 0 Å². The van der Waals surface area contributed by atoms with Crippen molar-refractivity contribution in [3.63, 3.8) is 0 Å². The summed E-state index contributed by atoms with van der Waals surface area (Å²) in [7, 11) is -17.4. The summed E-state index contributed by atoms with van der Waals surface area (Å²) >= 11 is 0. The van der Waals surface area contributed by atoms with Crippen molar-refractivity contribution >= 4 is 39.0 Å². The molecule has 0 aromatic heterocycles. The molecule has 3 aromatic rings. The summed E-state index contributed by atoms with van der Waals surface area (Å²) in [5, 5.41) is 0. The van der Waals surface area contributed by atoms with E-state index in [9.17, 15) is 25.3 Å². The minimum atomic E-state index is -4.65. The molecule has 34 heavy (non-hydrogen) atoms. The second-order valence-electron chi connectivity index (χ2n) is 7.25. The lowest BCUT2D eigenvalue weighted by Crippen LogP contribution is -2.13. The first-order valence-electron chi connectivity index (χ1n) is 9.62. The summed E-state index contributed by atoms with van der Waals surface area (Å²) in [5.74, 6) is 0. The maximum Gasteiger partial charge on any atom is 0.381 e. The first-order chi connectivity index (χ1) is 15.8. The number of benzene rings is 3. The van der Waals surface area contributed by atoms with Crippen molar-refractivity contribution in [2.75, 3.05) is 0 Å². The normalized spacial score (nSPS) is 12.7. The van der Waals surface area contributed by atoms with E-state index in [1.165, 1.54) is 72.8 Å². The molecule has 3 rings (SSSR count). The summed E-state index contributed by atoms with van der Waals surface area (Å²) < 4.78 is 91.0. The molecule has 0 aliphatic carbocycles. The van der Waals surface area contributed by atoms with Crippen LogP contribution in [0.1, 0.15) is 16.7 Å². The van der Waals surface area contributed by atoms with Crippen LogP contribution in [0.3, 0.4) is 0 Å². The van der Waals surface area contributed by atoms with Crippen LogP contribution in [0.25, 0.3) is 0 Å². The number of hydrogen-bond donors (Lipinski definition) is 0. The van der Waals surface area contributed by atoms with Gasteiger partial charge in [0.25, 0.3) is 0 Å². The Hall–Kier alpha value is -2.18. The fraction of sp³-hybridized carbons (Fsp3) is 0.143. The van der Waals surface area contributed by atoms with Gasteiger partial charge >= 0.3 is 39.0 Å². The molecule has 0 radical (unpaired) electrons. The molecule has 0 aliphatic heterocycles. The van der Waals surface area contributed by atoms with Crippen molar-refractivity contribution < 1.29 is 37.2 Å². The highest BCUT2D eigenvalue weighted by molar-refractivity contribution is 7.96. The van der Waals surface area contributed by atoms with E-state index in [4.69, 9.17) is 11.9 Å². The maximum atomic E-state index is 12.7. The van der Waals surface area contributed by atoms with Gasteiger partial charge in [-0.15, -0.1) is 0 Å². The predicted octanol–water partition coefficient (Wildman–Crippen LogP) is 4.36. The van der Waals surface area contributed by atoms with Crippen LogP contribution in [0.5, 0.6) is 0 Å². The highest BCUT2D eigenvalue weighted by Crippen LogP contribution is 2.48. The SMILES string of the molecule is Cc1ccc(S(=O)(=O)OP(OS(=O)(=O)c2ccc(C)cc2)OS(=O)(=O)c2ccc(C)cc2)cc1. The van der Waals surface area contributed by atoms with Crippen molar-refractivity contribution in [1.82, 2.24) is 0 Å². The second-order valence-corrected chi connectivity index (χ2v) is 13.6. The van der Waals surface area contributed by atoms with Crippen LogP contribution in [-0.2, 0) is 42.3 Å². The molecule has 13 heteroatoms. The molecule has 9 nitrogen and oxygen atoms in total. The molecule has 0 amide bonds. The van der Waals surface area contributed by atoms with E-state index in [0.717, 1.165) is 16.7 Å². The van der Waals surface area contributed by atoms with Crippen LogP contribution >= 0.6 is 8.60 Å². The quantitative estimate of drug-likeness (QED) is 0.361. The van der Waals surface area contributed by atoms with Crippen LogP contribution in [0.15, 0.2) is 87.5 Å². The van der Waals surface area contributed by atoms with Gasteiger partial charge in [0.1, 0.15) is 0 Å². The lowest BCUT2D eigenvalue weighted by atomic mass is 10.2. The van der Waals surface area contributed by atoms with Crippen LogP contribution < -0.4 is 0 Å². The van der Waals surface area contributed by atoms with Gasteiger partial charge in [0, 0.05) is 0 Å². The Morgan fingerprint density at radius 1 is 0.441 bits per heavy atom. The van der Waals surface area contributed by atoms with E-state index in [0.29, 0.717) is 0 Å². The molecule has 0 atom stereocenters. The van der Waals surface area contributed by atoms with E-state index in [-0.39, 0.29) is 14.7 Å². The lowest BCUT2D eigenvalue weighted by molar-refractivity contribution is 0.379. The van der Waals surface area contributed by atoms with Crippen molar-refractivity contribution in [1.29, 1.82) is 0 Å². The summed E-state index contributed by atoms with van der Waals surface area (Å²) in [6.07, 6.45) is 0. The molecule has 0 fully saturated rings. The Bertz CT molecular complexity index is 1280. The third kappa shape index (κ3) is 6.70. The Morgan fingerprint density at radius 2 is 0.647 bits per heavy atom. The molecule has 3 aromatic carbocycles. The van der Waals surface area contributed by atoms with Gasteiger partial charge < -0.3 is 0 Å². The minimum absolute atomic E-state index is 0.335. The average Bonchev–Trinajstić information content (AvgIpc) is 2.73. The molecule has 0 unspecified atom stereocenters. The van der Waals surface area contributed by atoms with Gasteiger partial charge in [-0.1, -0.05) is 53.1 Å². The van der Waals surface area contributed by atoms with Crippen LogP contribution in [0.4, 0.5) is 0 Å². The summed E-state index contributed by atoms with van der Waals surface area (Å²) in [6, 6.07) is 16.3. The molecule has 0 heterocycles. The van der Waals surface area contributed by atoms with Crippen LogP contribution in [0.2, 0.25) is 0 Å². The zero-order chi connectivity index (χ0) is 25.1. The highest BCUT2D eigenvalue weighted by atomic mass is 32.3. The fourth-order valence-electron chi connectivity index (χ4n) is 2.52. The van der Waals surface area contributed by atoms with Gasteiger partial charge in [-0.3, -0.25) is 0 Å². The van der Waals surface area contributed by atoms with E-state index in [1.54, 1.807) is 20.8 Å². The maximum absolute atomic E-state index is 12.7. The monoisotopic (exact) mass is 544 g/mol. The van der Waals surface area contributed by atoms with Gasteiger partial charge in [0.2, 0.25) is 0 Å². The Balaban J connectivity index is 1.97. The Morgan fingerprint density at radius 3 is 0.853 bits per heavy atom. The predicted molar refractivity (Wildman–Crippen MR) is 125 cm³/mol. The summed E-state index contributed by atoms with van der Waals surface area (Å²) in [5.41, 5.74) is 2.29. The average molecular weight is 545 g/mol. The summed E-state index contributed by atoms with van der Waals surface area (Å²) in [6.45, 7) is 5.20. The Labute approximate surface area is 200 Å². The molecule has 0 saturated heterocycles. The number of rotatable bonds is 9. The minimum Gasteiger partial charge on any atom is -0.194 e. The zero-order valence-electron chi connectivity index (χ0n) is 18.3. The van der Waals surface area contributed by atoms with Crippen LogP contribution in [0, 0.1) is 20.8 Å². The number of hydrogen-bond acceptors (Lipinski definition) is 9. The largest absolute Gasteiger partial charge is 0.381 e. The van der Waals surface area contributed by atoms with Gasteiger partial charge in [-0.25, -0.2) is 0 Å². The van der Waals surface area contributed by atoms with Gasteiger partial charge in [-0.05, 0) is 57.2 Å². The molecule has 182 valence electrons. The first-order valence-corrected chi connectivity index (χ1v) is 14.9. The number of aryl methyl sites for hydroxylation is 3. The fourth-order valence-corrected chi connectivity index (χ4v) is 7.85. The third-order valence-corrected chi connectivity index (χ3v) is 10.8. The highest BCUT2D eigenvalue weighted by Gasteiger charge is 2.35.